The molecule has 0 radical (unpaired) electrons. The van der Waals surface area contributed by atoms with Crippen LogP contribution < -0.4 is 5.32 Å². The zero-order valence-corrected chi connectivity index (χ0v) is 16.4. The van der Waals surface area contributed by atoms with Crippen LogP contribution in [0, 0.1) is 6.92 Å². The van der Waals surface area contributed by atoms with Gasteiger partial charge >= 0.3 is 0 Å². The lowest BCUT2D eigenvalue weighted by molar-refractivity contribution is 0.0932. The standard InChI is InChI=1S/C22H25N3O2/c1-14-7-6-8-17(13-14)20(26)23-15(2)21-24-19(25-27-21)16-9-11-18(12-10-16)22(3,4)5/h6-13,15H,1-5H3,(H,23,26)/t15-/m0/s1. The summed E-state index contributed by atoms with van der Waals surface area (Å²) in [6, 6.07) is 15.2. The fraction of sp³-hybridized carbons (Fsp3) is 0.318. The van der Waals surface area contributed by atoms with E-state index in [0.29, 0.717) is 17.3 Å². The number of aromatic nitrogens is 2. The molecule has 0 saturated carbocycles. The molecule has 0 aliphatic carbocycles. The average Bonchev–Trinajstić information content (AvgIpc) is 3.11. The Kier molecular flexibility index (Phi) is 5.13. The smallest absolute Gasteiger partial charge is 0.251 e. The van der Waals surface area contributed by atoms with E-state index in [0.717, 1.165) is 11.1 Å². The van der Waals surface area contributed by atoms with Gasteiger partial charge in [0, 0.05) is 11.1 Å². The predicted octanol–water partition coefficient (Wildman–Crippen LogP) is 4.83. The van der Waals surface area contributed by atoms with Crippen LogP contribution in [0.3, 0.4) is 0 Å². The number of amides is 1. The molecular formula is C22H25N3O2. The van der Waals surface area contributed by atoms with Crippen molar-refractivity contribution in [3.05, 3.63) is 71.1 Å². The minimum Gasteiger partial charge on any atom is -0.341 e. The van der Waals surface area contributed by atoms with Gasteiger partial charge in [0.15, 0.2) is 0 Å². The highest BCUT2D eigenvalue weighted by Gasteiger charge is 2.19. The summed E-state index contributed by atoms with van der Waals surface area (Å²) in [6.45, 7) is 10.3. The normalized spacial score (nSPS) is 12.6. The van der Waals surface area contributed by atoms with Crippen molar-refractivity contribution < 1.29 is 9.32 Å². The molecule has 2 aromatic carbocycles. The summed E-state index contributed by atoms with van der Waals surface area (Å²) in [5, 5.41) is 6.95. The molecule has 0 fully saturated rings. The summed E-state index contributed by atoms with van der Waals surface area (Å²) in [5.74, 6) is 0.730. The zero-order chi connectivity index (χ0) is 19.6. The third kappa shape index (κ3) is 4.42. The van der Waals surface area contributed by atoms with E-state index in [2.05, 4.69) is 48.4 Å². The quantitative estimate of drug-likeness (QED) is 0.720. The SMILES string of the molecule is Cc1cccc(C(=O)N[C@@H](C)c2nc(-c3ccc(C(C)(C)C)cc3)no2)c1. The van der Waals surface area contributed by atoms with E-state index < -0.39 is 0 Å². The summed E-state index contributed by atoms with van der Waals surface area (Å²) in [5.41, 5.74) is 3.87. The van der Waals surface area contributed by atoms with Crippen LogP contribution in [-0.4, -0.2) is 16.0 Å². The Balaban J connectivity index is 1.72. The first-order valence-corrected chi connectivity index (χ1v) is 9.06. The largest absolute Gasteiger partial charge is 0.341 e. The van der Waals surface area contributed by atoms with Gasteiger partial charge in [0.05, 0.1) is 0 Å². The number of carbonyl (C=O) groups excluding carboxylic acids is 1. The van der Waals surface area contributed by atoms with Crippen molar-refractivity contribution in [3.63, 3.8) is 0 Å². The van der Waals surface area contributed by atoms with Crippen LogP contribution in [-0.2, 0) is 5.41 Å². The fourth-order valence-corrected chi connectivity index (χ4v) is 2.78. The van der Waals surface area contributed by atoms with E-state index in [-0.39, 0.29) is 17.4 Å². The molecule has 0 unspecified atom stereocenters. The molecule has 0 aliphatic rings. The van der Waals surface area contributed by atoms with Gasteiger partial charge in [-0.05, 0) is 37.0 Å². The average molecular weight is 363 g/mol. The summed E-state index contributed by atoms with van der Waals surface area (Å²) >= 11 is 0. The molecule has 1 heterocycles. The molecule has 140 valence electrons. The maximum atomic E-state index is 12.4. The van der Waals surface area contributed by atoms with Crippen LogP contribution in [0.25, 0.3) is 11.4 Å². The second-order valence-corrected chi connectivity index (χ2v) is 7.85. The van der Waals surface area contributed by atoms with Gasteiger partial charge in [-0.3, -0.25) is 4.79 Å². The van der Waals surface area contributed by atoms with Gasteiger partial charge in [-0.25, -0.2) is 0 Å². The van der Waals surface area contributed by atoms with Gasteiger partial charge in [0.2, 0.25) is 11.7 Å². The van der Waals surface area contributed by atoms with Crippen molar-refractivity contribution in [2.45, 2.75) is 46.1 Å². The Labute approximate surface area is 159 Å². The van der Waals surface area contributed by atoms with Crippen LogP contribution in [0.2, 0.25) is 0 Å². The van der Waals surface area contributed by atoms with Gasteiger partial charge < -0.3 is 9.84 Å². The number of nitrogens with zero attached hydrogens (tertiary/aromatic N) is 2. The second kappa shape index (κ2) is 7.35. The molecule has 1 aromatic heterocycles. The van der Waals surface area contributed by atoms with Crippen molar-refractivity contribution >= 4 is 5.91 Å². The summed E-state index contributed by atoms with van der Waals surface area (Å²) < 4.78 is 5.36. The Morgan fingerprint density at radius 2 is 1.81 bits per heavy atom. The van der Waals surface area contributed by atoms with Gasteiger partial charge in [0.1, 0.15) is 6.04 Å². The number of hydrogen-bond acceptors (Lipinski definition) is 4. The molecule has 5 heteroatoms. The van der Waals surface area contributed by atoms with Crippen LogP contribution in [0.15, 0.2) is 53.1 Å². The lowest BCUT2D eigenvalue weighted by Crippen LogP contribution is -2.26. The second-order valence-electron chi connectivity index (χ2n) is 7.85. The first kappa shape index (κ1) is 18.8. The van der Waals surface area contributed by atoms with E-state index >= 15 is 0 Å². The lowest BCUT2D eigenvalue weighted by Gasteiger charge is -2.18. The first-order valence-electron chi connectivity index (χ1n) is 9.06. The fourth-order valence-electron chi connectivity index (χ4n) is 2.78. The van der Waals surface area contributed by atoms with E-state index in [4.69, 9.17) is 4.52 Å². The molecule has 3 rings (SSSR count). The number of nitrogens with one attached hydrogen (secondary N) is 1. The number of rotatable bonds is 4. The Bertz CT molecular complexity index is 937. The number of aryl methyl sites for hydroxylation is 1. The van der Waals surface area contributed by atoms with Crippen molar-refractivity contribution in [1.82, 2.24) is 15.5 Å². The molecule has 3 aromatic rings. The molecular weight excluding hydrogens is 338 g/mol. The minimum atomic E-state index is -0.381. The maximum absolute atomic E-state index is 12.4. The molecule has 0 bridgehead atoms. The van der Waals surface area contributed by atoms with E-state index in [1.807, 2.05) is 44.2 Å². The number of benzene rings is 2. The summed E-state index contributed by atoms with van der Waals surface area (Å²) in [6.07, 6.45) is 0. The summed E-state index contributed by atoms with van der Waals surface area (Å²) in [4.78, 5) is 16.8. The Morgan fingerprint density at radius 1 is 1.11 bits per heavy atom. The molecule has 0 saturated heterocycles. The van der Waals surface area contributed by atoms with Gasteiger partial charge in [0.25, 0.3) is 5.91 Å². The highest BCUT2D eigenvalue weighted by molar-refractivity contribution is 5.94. The van der Waals surface area contributed by atoms with Crippen LogP contribution >= 0.6 is 0 Å². The molecule has 1 atom stereocenters. The Hall–Kier alpha value is -2.95. The van der Waals surface area contributed by atoms with E-state index in [1.54, 1.807) is 6.07 Å². The molecule has 5 nitrogen and oxygen atoms in total. The zero-order valence-electron chi connectivity index (χ0n) is 16.4. The molecule has 0 aliphatic heterocycles. The van der Waals surface area contributed by atoms with E-state index in [9.17, 15) is 4.79 Å². The molecule has 27 heavy (non-hydrogen) atoms. The molecule has 1 amide bonds. The molecule has 1 N–H and O–H groups in total. The van der Waals surface area contributed by atoms with Crippen LogP contribution in [0.1, 0.15) is 61.1 Å². The monoisotopic (exact) mass is 363 g/mol. The van der Waals surface area contributed by atoms with Crippen molar-refractivity contribution in [3.8, 4) is 11.4 Å². The van der Waals surface area contributed by atoms with Crippen molar-refractivity contribution in [1.29, 1.82) is 0 Å². The maximum Gasteiger partial charge on any atom is 0.251 e. The predicted molar refractivity (Wildman–Crippen MR) is 105 cm³/mol. The highest BCUT2D eigenvalue weighted by Crippen LogP contribution is 2.25. The number of hydrogen-bond donors (Lipinski definition) is 1. The third-order valence-electron chi connectivity index (χ3n) is 4.45. The third-order valence-corrected chi connectivity index (χ3v) is 4.45. The van der Waals surface area contributed by atoms with Crippen molar-refractivity contribution in [2.75, 3.05) is 0 Å². The Morgan fingerprint density at radius 3 is 2.44 bits per heavy atom. The minimum absolute atomic E-state index is 0.0928. The van der Waals surface area contributed by atoms with Gasteiger partial charge in [-0.15, -0.1) is 0 Å². The van der Waals surface area contributed by atoms with Gasteiger partial charge in [-0.1, -0.05) is 67.9 Å². The first-order chi connectivity index (χ1) is 12.7. The topological polar surface area (TPSA) is 68.0 Å². The van der Waals surface area contributed by atoms with E-state index in [1.165, 1.54) is 5.56 Å². The van der Waals surface area contributed by atoms with Gasteiger partial charge in [-0.2, -0.15) is 4.98 Å². The lowest BCUT2D eigenvalue weighted by atomic mass is 9.87. The van der Waals surface area contributed by atoms with Crippen molar-refractivity contribution in [2.24, 2.45) is 0 Å². The number of carbonyl (C=O) groups is 1. The molecule has 0 spiro atoms. The highest BCUT2D eigenvalue weighted by atomic mass is 16.5. The van der Waals surface area contributed by atoms with Crippen LogP contribution in [0.4, 0.5) is 0 Å². The van der Waals surface area contributed by atoms with Crippen LogP contribution in [0.5, 0.6) is 0 Å². The summed E-state index contributed by atoms with van der Waals surface area (Å²) in [7, 11) is 0.